The van der Waals surface area contributed by atoms with E-state index < -0.39 is 0 Å². The van der Waals surface area contributed by atoms with E-state index in [0.29, 0.717) is 0 Å². The molecule has 4 heteroatoms. The Morgan fingerprint density at radius 3 is 2.10 bits per heavy atom. The lowest BCUT2D eigenvalue weighted by molar-refractivity contribution is 1.31. The highest BCUT2D eigenvalue weighted by Gasteiger charge is 2.14. The molecule has 8 aromatic rings. The van der Waals surface area contributed by atoms with Crippen molar-refractivity contribution in [1.82, 2.24) is 19.4 Å². The first-order chi connectivity index (χ1) is 20.8. The molecule has 0 unspecified atom stereocenters. The maximum atomic E-state index is 5.19. The molecule has 196 valence electrons. The fourth-order valence-electron chi connectivity index (χ4n) is 6.37. The van der Waals surface area contributed by atoms with Crippen LogP contribution in [0.1, 0.15) is 11.3 Å². The molecular formula is C38H24N4. The predicted molar refractivity (Wildman–Crippen MR) is 176 cm³/mol. The van der Waals surface area contributed by atoms with E-state index >= 15 is 0 Å². The second-order valence-corrected chi connectivity index (χ2v) is 10.8. The highest BCUT2D eigenvalue weighted by Crippen LogP contribution is 2.34. The number of H-pyrrole nitrogens is 1. The molecule has 1 aliphatic carbocycles. The van der Waals surface area contributed by atoms with Gasteiger partial charge in [-0.3, -0.25) is 4.40 Å². The number of imidazole rings is 1. The van der Waals surface area contributed by atoms with E-state index in [1.54, 1.807) is 0 Å². The minimum Gasteiger partial charge on any atom is -0.359 e. The molecule has 1 N–H and O–H groups in total. The molecule has 0 amide bonds. The Bertz CT molecular complexity index is 2530. The van der Waals surface area contributed by atoms with E-state index in [1.807, 2.05) is 0 Å². The molecule has 1 aliphatic rings. The van der Waals surface area contributed by atoms with Crippen LogP contribution in [-0.4, -0.2) is 19.4 Å². The Kier molecular flexibility index (Phi) is 4.87. The largest absolute Gasteiger partial charge is 0.359 e. The molecular weight excluding hydrogens is 512 g/mol. The molecule has 5 aromatic carbocycles. The third-order valence-electron chi connectivity index (χ3n) is 8.37. The average molecular weight is 537 g/mol. The van der Waals surface area contributed by atoms with Crippen LogP contribution in [0, 0.1) is 0 Å². The Labute approximate surface area is 241 Å². The zero-order chi connectivity index (χ0) is 27.6. The quantitative estimate of drug-likeness (QED) is 0.212. The summed E-state index contributed by atoms with van der Waals surface area (Å²) in [7, 11) is 0. The van der Waals surface area contributed by atoms with Crippen LogP contribution in [0.15, 0.2) is 128 Å². The summed E-state index contributed by atoms with van der Waals surface area (Å²) < 4.78 is 2.30. The minimum absolute atomic E-state index is 0.897. The molecule has 3 heterocycles. The summed E-state index contributed by atoms with van der Waals surface area (Å²) in [5.74, 6) is 0. The highest BCUT2D eigenvalue weighted by molar-refractivity contribution is 6.13. The molecule has 9 rings (SSSR count). The SMILES string of the molecule is C1=Cc2c[nH]c3ccc(-c4ccc5c(c4)nc4c6ccccc6c6ccccc6n54)cc3nc(c3ccccc23)C=C1. The monoisotopic (exact) mass is 536 g/mol. The molecule has 0 saturated carbocycles. The van der Waals surface area contributed by atoms with E-state index in [2.05, 4.69) is 149 Å². The van der Waals surface area contributed by atoms with Gasteiger partial charge in [0.15, 0.2) is 0 Å². The van der Waals surface area contributed by atoms with Gasteiger partial charge in [0.05, 0.1) is 33.3 Å². The molecule has 3 aromatic heterocycles. The molecule has 0 spiro atoms. The normalized spacial score (nSPS) is 12.6. The number of aromatic nitrogens is 4. The van der Waals surface area contributed by atoms with E-state index in [9.17, 15) is 0 Å². The summed E-state index contributed by atoms with van der Waals surface area (Å²) in [6, 6.07) is 38.6. The van der Waals surface area contributed by atoms with E-state index in [0.717, 1.165) is 66.3 Å². The molecule has 0 saturated heterocycles. The van der Waals surface area contributed by atoms with Crippen molar-refractivity contribution in [1.29, 1.82) is 0 Å². The Morgan fingerprint density at radius 1 is 0.524 bits per heavy atom. The number of benzene rings is 5. The number of hydrogen-bond donors (Lipinski definition) is 1. The lowest BCUT2D eigenvalue weighted by Gasteiger charge is -2.08. The van der Waals surface area contributed by atoms with Gasteiger partial charge in [-0.2, -0.15) is 0 Å². The maximum absolute atomic E-state index is 5.19. The lowest BCUT2D eigenvalue weighted by Crippen LogP contribution is -1.91. The van der Waals surface area contributed by atoms with Crippen molar-refractivity contribution in [2.75, 3.05) is 0 Å². The van der Waals surface area contributed by atoms with E-state index in [-0.39, 0.29) is 0 Å². The van der Waals surface area contributed by atoms with Gasteiger partial charge in [0, 0.05) is 22.4 Å². The standard InChI is InChI=1S/C38H24N4/c1-7-15-32-29-12-4-2-10-27(29)26(9-1)23-39-33-19-17-24(21-34(33)40-32)25-18-20-37-35(22-25)41-38-31-14-5-3-11-28(31)30-13-6-8-16-36(30)42(37)38/h1-23,39H. The molecule has 0 radical (unpaired) electrons. The van der Waals surface area contributed by atoms with Crippen LogP contribution >= 0.6 is 0 Å². The number of para-hydroxylation sites is 1. The summed E-state index contributed by atoms with van der Waals surface area (Å²) in [5, 5.41) is 5.90. The topological polar surface area (TPSA) is 46.0 Å². The number of allylic oxidation sites excluding steroid dienone is 2. The van der Waals surface area contributed by atoms with Crippen LogP contribution in [0.25, 0.3) is 83.4 Å². The number of pyridine rings is 1. The fraction of sp³-hybridized carbons (Fsp3) is 0. The predicted octanol–water partition coefficient (Wildman–Crippen LogP) is 9.65. The number of hydrogen-bond acceptors (Lipinski definition) is 2. The number of nitrogens with zero attached hydrogens (tertiary/aromatic N) is 3. The first kappa shape index (κ1) is 23.0. The summed E-state index contributed by atoms with van der Waals surface area (Å²) in [4.78, 5) is 13.9. The maximum Gasteiger partial charge on any atom is 0.146 e. The zero-order valence-corrected chi connectivity index (χ0v) is 22.6. The average Bonchev–Trinajstić information content (AvgIpc) is 3.43. The van der Waals surface area contributed by atoms with Crippen LogP contribution in [-0.2, 0) is 0 Å². The van der Waals surface area contributed by atoms with E-state index in [4.69, 9.17) is 9.97 Å². The van der Waals surface area contributed by atoms with Crippen LogP contribution in [0.5, 0.6) is 0 Å². The van der Waals surface area contributed by atoms with Gasteiger partial charge in [-0.25, -0.2) is 9.97 Å². The van der Waals surface area contributed by atoms with Crippen molar-refractivity contribution >= 4 is 72.3 Å². The molecule has 0 aliphatic heterocycles. The number of nitrogens with one attached hydrogen (secondary N) is 1. The summed E-state index contributed by atoms with van der Waals surface area (Å²) in [6.45, 7) is 0. The minimum atomic E-state index is 0.897. The van der Waals surface area contributed by atoms with Gasteiger partial charge >= 0.3 is 0 Å². The van der Waals surface area contributed by atoms with Gasteiger partial charge in [-0.1, -0.05) is 97.1 Å². The number of aromatic amines is 1. The third kappa shape index (κ3) is 3.42. The van der Waals surface area contributed by atoms with Crippen molar-refractivity contribution in [3.63, 3.8) is 0 Å². The second-order valence-electron chi connectivity index (χ2n) is 10.8. The summed E-state index contributed by atoms with van der Waals surface area (Å²) in [5.41, 5.74) is 10.4. The first-order valence-electron chi connectivity index (χ1n) is 14.2. The number of fused-ring (bicyclic) bond motifs is 9. The molecule has 4 nitrogen and oxygen atoms in total. The van der Waals surface area contributed by atoms with Crippen LogP contribution in [0.2, 0.25) is 0 Å². The summed E-state index contributed by atoms with van der Waals surface area (Å²) >= 11 is 0. The van der Waals surface area contributed by atoms with E-state index in [1.165, 1.54) is 16.3 Å². The van der Waals surface area contributed by atoms with Crippen LogP contribution in [0.3, 0.4) is 0 Å². The molecule has 0 atom stereocenters. The number of rotatable bonds is 1. The van der Waals surface area contributed by atoms with Gasteiger partial charge in [0.2, 0.25) is 0 Å². The first-order valence-corrected chi connectivity index (χ1v) is 14.2. The Morgan fingerprint density at radius 2 is 1.21 bits per heavy atom. The van der Waals surface area contributed by atoms with Crippen molar-refractivity contribution < 1.29 is 0 Å². The lowest BCUT2D eigenvalue weighted by atomic mass is 10.0. The van der Waals surface area contributed by atoms with Crippen molar-refractivity contribution in [3.8, 4) is 11.1 Å². The van der Waals surface area contributed by atoms with Crippen LogP contribution in [0.4, 0.5) is 0 Å². The van der Waals surface area contributed by atoms with Gasteiger partial charge < -0.3 is 4.98 Å². The zero-order valence-electron chi connectivity index (χ0n) is 22.6. The van der Waals surface area contributed by atoms with Crippen molar-refractivity contribution in [3.05, 3.63) is 139 Å². The Hall–Kier alpha value is -5.74. The highest BCUT2D eigenvalue weighted by atomic mass is 15.0. The fourth-order valence-corrected chi connectivity index (χ4v) is 6.37. The molecule has 2 bridgehead atoms. The molecule has 42 heavy (non-hydrogen) atoms. The van der Waals surface area contributed by atoms with Gasteiger partial charge in [-0.05, 0) is 63.9 Å². The van der Waals surface area contributed by atoms with Crippen LogP contribution < -0.4 is 0 Å². The van der Waals surface area contributed by atoms with Gasteiger partial charge in [0.1, 0.15) is 5.65 Å². The summed E-state index contributed by atoms with van der Waals surface area (Å²) in [6.07, 6.45) is 10.4. The third-order valence-corrected chi connectivity index (χ3v) is 8.37. The second kappa shape index (κ2) is 8.88. The smallest absolute Gasteiger partial charge is 0.146 e. The van der Waals surface area contributed by atoms with Crippen molar-refractivity contribution in [2.45, 2.75) is 0 Å². The van der Waals surface area contributed by atoms with Gasteiger partial charge in [0.25, 0.3) is 0 Å². The van der Waals surface area contributed by atoms with Crippen molar-refractivity contribution in [2.24, 2.45) is 0 Å². The molecule has 0 fully saturated rings. The van der Waals surface area contributed by atoms with Gasteiger partial charge in [-0.15, -0.1) is 0 Å². The Balaban J connectivity index is 1.29.